The van der Waals surface area contributed by atoms with Crippen molar-refractivity contribution in [1.82, 2.24) is 4.98 Å². The third-order valence-electron chi connectivity index (χ3n) is 2.05. The minimum Gasteiger partial charge on any atom is -0.256 e. The largest absolute Gasteiger partial charge is 0.256 e. The fourth-order valence-corrected chi connectivity index (χ4v) is 2.06. The van der Waals surface area contributed by atoms with Crippen LogP contribution in [0.5, 0.6) is 0 Å². The molecule has 0 saturated heterocycles. The molecule has 1 aromatic heterocycles. The first-order valence-electron chi connectivity index (χ1n) is 3.89. The Kier molecular flexibility index (Phi) is 2.39. The second kappa shape index (κ2) is 3.39. The zero-order valence-corrected chi connectivity index (χ0v) is 10.2. The molecule has 13 heavy (non-hydrogen) atoms. The highest BCUT2D eigenvalue weighted by Crippen LogP contribution is 2.28. The van der Waals surface area contributed by atoms with Gasteiger partial charge < -0.3 is 0 Å². The fourth-order valence-electron chi connectivity index (χ4n) is 1.30. The van der Waals surface area contributed by atoms with Crippen LogP contribution in [-0.4, -0.2) is 4.98 Å². The Labute approximate surface area is 93.4 Å². The number of nitrogens with zero attached hydrogens (tertiary/aromatic N) is 1. The SMILES string of the molecule is Cc1c(Br)ccc2c(Br)ccnc12. The Balaban J connectivity index is 2.94. The average molecular weight is 301 g/mol. The van der Waals surface area contributed by atoms with Crippen LogP contribution in [0.1, 0.15) is 5.56 Å². The van der Waals surface area contributed by atoms with Crippen LogP contribution in [0.2, 0.25) is 0 Å². The van der Waals surface area contributed by atoms with Gasteiger partial charge in [0.05, 0.1) is 5.52 Å². The number of aryl methyl sites for hydroxylation is 1. The Morgan fingerprint density at radius 3 is 2.62 bits per heavy atom. The quantitative estimate of drug-likeness (QED) is 0.715. The molecule has 0 spiro atoms. The van der Waals surface area contributed by atoms with E-state index in [4.69, 9.17) is 0 Å². The van der Waals surface area contributed by atoms with Gasteiger partial charge in [-0.2, -0.15) is 0 Å². The Morgan fingerprint density at radius 2 is 1.85 bits per heavy atom. The molecule has 2 aromatic rings. The first kappa shape index (κ1) is 9.16. The van der Waals surface area contributed by atoms with Crippen molar-refractivity contribution in [2.45, 2.75) is 6.92 Å². The number of benzene rings is 1. The van der Waals surface area contributed by atoms with Crippen LogP contribution >= 0.6 is 31.9 Å². The predicted octanol–water partition coefficient (Wildman–Crippen LogP) is 4.07. The molecule has 0 amide bonds. The molecule has 1 nitrogen and oxygen atoms in total. The average Bonchev–Trinajstić information content (AvgIpc) is 2.12. The van der Waals surface area contributed by atoms with Gasteiger partial charge in [0.1, 0.15) is 0 Å². The van der Waals surface area contributed by atoms with E-state index in [0.29, 0.717) is 0 Å². The molecule has 1 heterocycles. The molecule has 0 fully saturated rings. The highest BCUT2D eigenvalue weighted by Gasteiger charge is 2.04. The lowest BCUT2D eigenvalue weighted by Crippen LogP contribution is -1.84. The molecule has 0 aliphatic carbocycles. The topological polar surface area (TPSA) is 12.9 Å². The van der Waals surface area contributed by atoms with Crippen LogP contribution < -0.4 is 0 Å². The van der Waals surface area contributed by atoms with Gasteiger partial charge in [-0.3, -0.25) is 4.98 Å². The van der Waals surface area contributed by atoms with Crippen LogP contribution in [0.4, 0.5) is 0 Å². The van der Waals surface area contributed by atoms with Crippen molar-refractivity contribution >= 4 is 42.8 Å². The second-order valence-electron chi connectivity index (χ2n) is 2.86. The van der Waals surface area contributed by atoms with Gasteiger partial charge in [-0.15, -0.1) is 0 Å². The number of fused-ring (bicyclic) bond motifs is 1. The van der Waals surface area contributed by atoms with Gasteiger partial charge in [-0.1, -0.05) is 37.9 Å². The zero-order chi connectivity index (χ0) is 9.42. The molecule has 0 saturated carbocycles. The summed E-state index contributed by atoms with van der Waals surface area (Å²) < 4.78 is 2.19. The summed E-state index contributed by atoms with van der Waals surface area (Å²) in [4.78, 5) is 4.34. The monoisotopic (exact) mass is 299 g/mol. The van der Waals surface area contributed by atoms with Gasteiger partial charge in [0, 0.05) is 20.5 Å². The van der Waals surface area contributed by atoms with Crippen LogP contribution in [-0.2, 0) is 0 Å². The molecule has 66 valence electrons. The highest BCUT2D eigenvalue weighted by atomic mass is 79.9. The summed E-state index contributed by atoms with van der Waals surface area (Å²) in [5.41, 5.74) is 2.22. The maximum Gasteiger partial charge on any atom is 0.0753 e. The summed E-state index contributed by atoms with van der Waals surface area (Å²) in [6.45, 7) is 2.06. The van der Waals surface area contributed by atoms with Crippen LogP contribution in [0, 0.1) is 6.92 Å². The van der Waals surface area contributed by atoms with E-state index in [-0.39, 0.29) is 0 Å². The zero-order valence-electron chi connectivity index (χ0n) is 7.01. The predicted molar refractivity (Wildman–Crippen MR) is 61.9 cm³/mol. The first-order valence-corrected chi connectivity index (χ1v) is 5.48. The van der Waals surface area contributed by atoms with Crippen molar-refractivity contribution in [3.8, 4) is 0 Å². The number of aromatic nitrogens is 1. The summed E-state index contributed by atoms with van der Waals surface area (Å²) in [6, 6.07) is 6.06. The molecule has 0 aliphatic heterocycles. The molecule has 3 heteroatoms. The Morgan fingerprint density at radius 1 is 1.08 bits per heavy atom. The summed E-state index contributed by atoms with van der Waals surface area (Å²) in [5, 5.41) is 1.16. The third-order valence-corrected chi connectivity index (χ3v) is 3.60. The summed E-state index contributed by atoms with van der Waals surface area (Å²) >= 11 is 6.99. The molecule has 0 radical (unpaired) electrons. The summed E-state index contributed by atoms with van der Waals surface area (Å²) in [6.07, 6.45) is 1.81. The van der Waals surface area contributed by atoms with E-state index in [2.05, 4.69) is 49.8 Å². The van der Waals surface area contributed by atoms with Crippen LogP contribution in [0.15, 0.2) is 33.3 Å². The van der Waals surface area contributed by atoms with Gasteiger partial charge in [-0.25, -0.2) is 0 Å². The van der Waals surface area contributed by atoms with Crippen molar-refractivity contribution in [1.29, 1.82) is 0 Å². The van der Waals surface area contributed by atoms with Crippen molar-refractivity contribution in [2.24, 2.45) is 0 Å². The first-order chi connectivity index (χ1) is 6.20. The lowest BCUT2D eigenvalue weighted by atomic mass is 10.1. The molecule has 0 unspecified atom stereocenters. The van der Waals surface area contributed by atoms with E-state index in [9.17, 15) is 0 Å². The Hall–Kier alpha value is -0.410. The van der Waals surface area contributed by atoms with Crippen LogP contribution in [0.3, 0.4) is 0 Å². The van der Waals surface area contributed by atoms with Crippen molar-refractivity contribution in [2.75, 3.05) is 0 Å². The molecule has 0 bridgehead atoms. The van der Waals surface area contributed by atoms with E-state index in [0.717, 1.165) is 19.8 Å². The van der Waals surface area contributed by atoms with Crippen molar-refractivity contribution in [3.63, 3.8) is 0 Å². The summed E-state index contributed by atoms with van der Waals surface area (Å²) in [5.74, 6) is 0. The molecule has 0 aliphatic rings. The molecule has 0 atom stereocenters. The van der Waals surface area contributed by atoms with Gasteiger partial charge >= 0.3 is 0 Å². The smallest absolute Gasteiger partial charge is 0.0753 e. The van der Waals surface area contributed by atoms with Gasteiger partial charge in [0.25, 0.3) is 0 Å². The highest BCUT2D eigenvalue weighted by molar-refractivity contribution is 9.11. The van der Waals surface area contributed by atoms with E-state index < -0.39 is 0 Å². The number of rotatable bonds is 0. The van der Waals surface area contributed by atoms with Crippen molar-refractivity contribution < 1.29 is 0 Å². The van der Waals surface area contributed by atoms with E-state index in [1.54, 1.807) is 0 Å². The second-order valence-corrected chi connectivity index (χ2v) is 4.57. The standard InChI is InChI=1S/C10H7Br2N/c1-6-8(11)3-2-7-9(12)4-5-13-10(6)7/h2-5H,1H3. The molecule has 0 N–H and O–H groups in total. The number of halogens is 2. The number of hydrogen-bond donors (Lipinski definition) is 0. The molecular weight excluding hydrogens is 294 g/mol. The minimum atomic E-state index is 1.05. The van der Waals surface area contributed by atoms with Gasteiger partial charge in [-0.05, 0) is 24.6 Å². The van der Waals surface area contributed by atoms with Gasteiger partial charge in [0.2, 0.25) is 0 Å². The molecule has 2 rings (SSSR count). The van der Waals surface area contributed by atoms with Gasteiger partial charge in [0.15, 0.2) is 0 Å². The van der Waals surface area contributed by atoms with E-state index in [1.807, 2.05) is 18.3 Å². The molecular formula is C10H7Br2N. The normalized spacial score (nSPS) is 10.7. The number of hydrogen-bond acceptors (Lipinski definition) is 1. The maximum absolute atomic E-state index is 4.34. The van der Waals surface area contributed by atoms with Crippen LogP contribution in [0.25, 0.3) is 10.9 Å². The lowest BCUT2D eigenvalue weighted by molar-refractivity contribution is 1.35. The van der Waals surface area contributed by atoms with E-state index in [1.165, 1.54) is 5.56 Å². The number of pyridine rings is 1. The molecule has 1 aromatic carbocycles. The van der Waals surface area contributed by atoms with Crippen molar-refractivity contribution in [3.05, 3.63) is 38.9 Å². The Bertz CT molecular complexity index is 466. The third kappa shape index (κ3) is 1.51. The summed E-state index contributed by atoms with van der Waals surface area (Å²) in [7, 11) is 0. The maximum atomic E-state index is 4.34. The van der Waals surface area contributed by atoms with E-state index >= 15 is 0 Å². The lowest BCUT2D eigenvalue weighted by Gasteiger charge is -2.04. The fraction of sp³-hybridized carbons (Fsp3) is 0.100. The minimum absolute atomic E-state index is 1.05.